The molecule has 0 spiro atoms. The quantitative estimate of drug-likeness (QED) is 0.623. The molecule has 4 N–H and O–H groups in total. The molecular weight excluding hydrogens is 320 g/mol. The van der Waals surface area contributed by atoms with E-state index in [1.807, 2.05) is 0 Å². The first-order valence-electron chi connectivity index (χ1n) is 7.43. The standard InChI is InChI=1S/C15H22N4O3.ClH/c1-10-4-5-18(13(6-10)8-16)9-12-3-2-11(15(17)20)7-14(12)19(21)22;/h2-3,7,10,13H,4-6,8-9,16H2,1H3,(H2,17,20);1H. The Morgan fingerprint density at radius 2 is 2.17 bits per heavy atom. The SMILES string of the molecule is CC1CCN(Cc2ccc(C(N)=O)cc2[N+](=O)[O-])C(CN)C1.Cl. The fourth-order valence-electron chi connectivity index (χ4n) is 2.99. The molecule has 23 heavy (non-hydrogen) atoms. The number of benzene rings is 1. The zero-order valence-electron chi connectivity index (χ0n) is 13.1. The highest BCUT2D eigenvalue weighted by atomic mass is 35.5. The lowest BCUT2D eigenvalue weighted by atomic mass is 9.92. The summed E-state index contributed by atoms with van der Waals surface area (Å²) in [5, 5.41) is 11.3. The minimum Gasteiger partial charge on any atom is -0.366 e. The average Bonchev–Trinajstić information content (AvgIpc) is 2.48. The lowest BCUT2D eigenvalue weighted by molar-refractivity contribution is -0.385. The third-order valence-electron chi connectivity index (χ3n) is 4.31. The molecule has 2 atom stereocenters. The summed E-state index contributed by atoms with van der Waals surface area (Å²) in [7, 11) is 0. The number of nitro benzene ring substituents is 1. The average molecular weight is 343 g/mol. The van der Waals surface area contributed by atoms with Gasteiger partial charge in [0.05, 0.1) is 4.92 Å². The number of carbonyl (C=O) groups excluding carboxylic acids is 1. The molecule has 0 bridgehead atoms. The smallest absolute Gasteiger partial charge is 0.274 e. The molecule has 1 aromatic rings. The lowest BCUT2D eigenvalue weighted by Crippen LogP contribution is -2.45. The number of nitrogens with two attached hydrogens (primary N) is 2. The predicted octanol–water partition coefficient (Wildman–Crippen LogP) is 1.67. The van der Waals surface area contributed by atoms with Crippen molar-refractivity contribution in [3.63, 3.8) is 0 Å². The van der Waals surface area contributed by atoms with Gasteiger partial charge in [-0.05, 0) is 31.4 Å². The predicted molar refractivity (Wildman–Crippen MR) is 90.5 cm³/mol. The Labute approximate surface area is 141 Å². The van der Waals surface area contributed by atoms with E-state index in [9.17, 15) is 14.9 Å². The van der Waals surface area contributed by atoms with E-state index < -0.39 is 10.8 Å². The van der Waals surface area contributed by atoms with Crippen molar-refractivity contribution in [3.05, 3.63) is 39.4 Å². The lowest BCUT2D eigenvalue weighted by Gasteiger charge is -2.37. The van der Waals surface area contributed by atoms with Gasteiger partial charge >= 0.3 is 0 Å². The van der Waals surface area contributed by atoms with Crippen LogP contribution in [0.5, 0.6) is 0 Å². The molecule has 1 aromatic carbocycles. The molecule has 8 heteroatoms. The molecule has 1 fully saturated rings. The second-order valence-electron chi connectivity index (χ2n) is 5.95. The molecule has 7 nitrogen and oxygen atoms in total. The van der Waals surface area contributed by atoms with Crippen LogP contribution >= 0.6 is 12.4 Å². The van der Waals surface area contributed by atoms with E-state index in [0.29, 0.717) is 24.6 Å². The molecule has 0 saturated carbocycles. The Hall–Kier alpha value is -1.70. The van der Waals surface area contributed by atoms with E-state index in [4.69, 9.17) is 11.5 Å². The van der Waals surface area contributed by atoms with Gasteiger partial charge in [-0.1, -0.05) is 13.0 Å². The van der Waals surface area contributed by atoms with Crippen molar-refractivity contribution in [2.75, 3.05) is 13.1 Å². The summed E-state index contributed by atoms with van der Waals surface area (Å²) >= 11 is 0. The molecular formula is C15H23ClN4O3. The summed E-state index contributed by atoms with van der Waals surface area (Å²) in [6.07, 6.45) is 2.06. The van der Waals surface area contributed by atoms with E-state index >= 15 is 0 Å². The van der Waals surface area contributed by atoms with Crippen LogP contribution in [0.25, 0.3) is 0 Å². The third-order valence-corrected chi connectivity index (χ3v) is 4.31. The van der Waals surface area contributed by atoms with Crippen LogP contribution in [0.3, 0.4) is 0 Å². The van der Waals surface area contributed by atoms with Crippen LogP contribution < -0.4 is 11.5 Å². The van der Waals surface area contributed by atoms with Crippen molar-refractivity contribution in [2.45, 2.75) is 32.4 Å². The van der Waals surface area contributed by atoms with Crippen LogP contribution in [0.1, 0.15) is 35.7 Å². The van der Waals surface area contributed by atoms with Gasteiger partial charge in [-0.2, -0.15) is 0 Å². The number of nitrogens with zero attached hydrogens (tertiary/aromatic N) is 2. The summed E-state index contributed by atoms with van der Waals surface area (Å²) < 4.78 is 0. The van der Waals surface area contributed by atoms with Crippen molar-refractivity contribution in [1.29, 1.82) is 0 Å². The minimum absolute atomic E-state index is 0. The van der Waals surface area contributed by atoms with Crippen LogP contribution in [0, 0.1) is 16.0 Å². The summed E-state index contributed by atoms with van der Waals surface area (Å²) in [6.45, 7) is 4.07. The van der Waals surface area contributed by atoms with Gasteiger partial charge in [0.2, 0.25) is 5.91 Å². The first-order valence-corrected chi connectivity index (χ1v) is 7.43. The maximum absolute atomic E-state index is 11.3. The van der Waals surface area contributed by atoms with Crippen molar-refractivity contribution in [2.24, 2.45) is 17.4 Å². The molecule has 1 aliphatic rings. The minimum atomic E-state index is -0.665. The number of halogens is 1. The number of rotatable bonds is 5. The Morgan fingerprint density at radius 1 is 1.48 bits per heavy atom. The molecule has 1 saturated heterocycles. The molecule has 2 rings (SSSR count). The topological polar surface area (TPSA) is 115 Å². The van der Waals surface area contributed by atoms with E-state index in [2.05, 4.69) is 11.8 Å². The van der Waals surface area contributed by atoms with Crippen LogP contribution in [0.4, 0.5) is 5.69 Å². The molecule has 0 radical (unpaired) electrons. The second kappa shape index (κ2) is 8.24. The van der Waals surface area contributed by atoms with Crippen molar-refractivity contribution < 1.29 is 9.72 Å². The van der Waals surface area contributed by atoms with Gasteiger partial charge in [-0.15, -0.1) is 12.4 Å². The van der Waals surface area contributed by atoms with Gasteiger partial charge < -0.3 is 11.5 Å². The van der Waals surface area contributed by atoms with Crippen LogP contribution in [0.2, 0.25) is 0 Å². The van der Waals surface area contributed by atoms with Crippen molar-refractivity contribution in [1.82, 2.24) is 4.90 Å². The molecule has 128 valence electrons. The van der Waals surface area contributed by atoms with Gasteiger partial charge in [-0.3, -0.25) is 19.8 Å². The summed E-state index contributed by atoms with van der Waals surface area (Å²) in [4.78, 5) is 24.2. The fraction of sp³-hybridized carbons (Fsp3) is 0.533. The van der Waals surface area contributed by atoms with E-state index in [0.717, 1.165) is 19.4 Å². The van der Waals surface area contributed by atoms with Crippen molar-refractivity contribution >= 4 is 24.0 Å². The van der Waals surface area contributed by atoms with Gasteiger partial charge in [0, 0.05) is 36.3 Å². The van der Waals surface area contributed by atoms with E-state index in [1.165, 1.54) is 12.1 Å². The fourth-order valence-corrected chi connectivity index (χ4v) is 2.99. The first-order chi connectivity index (χ1) is 10.4. The molecule has 0 aliphatic carbocycles. The van der Waals surface area contributed by atoms with Gasteiger partial charge in [-0.25, -0.2) is 0 Å². The molecule has 0 aromatic heterocycles. The van der Waals surface area contributed by atoms with Crippen molar-refractivity contribution in [3.8, 4) is 0 Å². The Bertz CT molecular complexity index is 582. The van der Waals surface area contributed by atoms with E-state index in [-0.39, 0.29) is 29.7 Å². The second-order valence-corrected chi connectivity index (χ2v) is 5.95. The maximum Gasteiger partial charge on any atom is 0.274 e. The van der Waals surface area contributed by atoms with Crippen LogP contribution in [-0.4, -0.2) is 34.9 Å². The molecule has 1 aliphatic heterocycles. The molecule has 1 heterocycles. The number of carbonyl (C=O) groups is 1. The maximum atomic E-state index is 11.3. The normalized spacial score (nSPS) is 21.5. The Morgan fingerprint density at radius 3 is 2.74 bits per heavy atom. The number of primary amides is 1. The number of hydrogen-bond acceptors (Lipinski definition) is 5. The molecule has 1 amide bonds. The van der Waals surface area contributed by atoms with Gasteiger partial charge in [0.1, 0.15) is 0 Å². The summed E-state index contributed by atoms with van der Waals surface area (Å²) in [5.41, 5.74) is 11.7. The zero-order valence-corrected chi connectivity index (χ0v) is 13.9. The van der Waals surface area contributed by atoms with Gasteiger partial charge in [0.25, 0.3) is 5.69 Å². The van der Waals surface area contributed by atoms with Crippen LogP contribution in [0.15, 0.2) is 18.2 Å². The highest BCUT2D eigenvalue weighted by molar-refractivity contribution is 5.93. The zero-order chi connectivity index (χ0) is 16.3. The van der Waals surface area contributed by atoms with E-state index in [1.54, 1.807) is 6.07 Å². The summed E-state index contributed by atoms with van der Waals surface area (Å²) in [6, 6.07) is 4.64. The number of amides is 1. The Balaban J connectivity index is 0.00000264. The number of piperidine rings is 1. The largest absolute Gasteiger partial charge is 0.366 e. The molecule has 2 unspecified atom stereocenters. The highest BCUT2D eigenvalue weighted by Crippen LogP contribution is 2.27. The number of hydrogen-bond donors (Lipinski definition) is 2. The summed E-state index contributed by atoms with van der Waals surface area (Å²) in [5.74, 6) is -0.0432. The Kier molecular flexibility index (Phi) is 6.93. The first kappa shape index (κ1) is 19.3. The monoisotopic (exact) mass is 342 g/mol. The van der Waals surface area contributed by atoms with Gasteiger partial charge in [0.15, 0.2) is 0 Å². The van der Waals surface area contributed by atoms with Crippen LogP contribution in [-0.2, 0) is 6.54 Å². The number of nitro groups is 1. The third kappa shape index (κ3) is 4.63. The number of likely N-dealkylation sites (tertiary alicyclic amines) is 1. The highest BCUT2D eigenvalue weighted by Gasteiger charge is 2.27.